The monoisotopic (exact) mass is 385 g/mol. The molecule has 0 radical (unpaired) electrons. The van der Waals surface area contributed by atoms with Gasteiger partial charge < -0.3 is 10.2 Å². The summed E-state index contributed by atoms with van der Waals surface area (Å²) in [6.45, 7) is 2.79. The molecule has 0 saturated heterocycles. The predicted octanol–water partition coefficient (Wildman–Crippen LogP) is 2.70. The summed E-state index contributed by atoms with van der Waals surface area (Å²) in [5.41, 5.74) is 4.54. The minimum Gasteiger partial charge on any atom is -0.381 e. The Balaban J connectivity index is 1.62. The van der Waals surface area contributed by atoms with Crippen LogP contribution in [0.25, 0.3) is 11.1 Å². The van der Waals surface area contributed by atoms with Gasteiger partial charge in [-0.15, -0.1) is 0 Å². The van der Waals surface area contributed by atoms with Crippen molar-refractivity contribution in [1.82, 2.24) is 0 Å². The average molecular weight is 385 g/mol. The number of nitrogens with one attached hydrogen (secondary N) is 1. The second kappa shape index (κ2) is 6.65. The summed E-state index contributed by atoms with van der Waals surface area (Å²) >= 11 is 0. The van der Waals surface area contributed by atoms with Crippen LogP contribution < -0.4 is 15.4 Å². The first-order valence-corrected chi connectivity index (χ1v) is 10.8. The molecular weight excluding hydrogens is 362 g/mol. The first-order valence-electron chi connectivity index (χ1n) is 9.12. The summed E-state index contributed by atoms with van der Waals surface area (Å²) in [5, 5.41) is 8.52. The smallest absolute Gasteiger partial charge is 0.230 e. The molecule has 2 aromatic rings. The Morgan fingerprint density at radius 3 is 2.44 bits per heavy atom. The first kappa shape index (κ1) is 18.0. The van der Waals surface area contributed by atoms with Gasteiger partial charge in [-0.25, -0.2) is 13.6 Å². The number of carbonyl (C=O) groups is 1. The van der Waals surface area contributed by atoms with Crippen molar-refractivity contribution < 1.29 is 13.2 Å². The van der Waals surface area contributed by atoms with E-state index in [2.05, 4.69) is 12.2 Å². The highest BCUT2D eigenvalue weighted by molar-refractivity contribution is 7.88. The number of sulfonamides is 1. The highest BCUT2D eigenvalue weighted by Crippen LogP contribution is 2.39. The van der Waals surface area contributed by atoms with Crippen molar-refractivity contribution in [2.45, 2.75) is 31.6 Å². The summed E-state index contributed by atoms with van der Waals surface area (Å²) in [6, 6.07) is 13.5. The van der Waals surface area contributed by atoms with E-state index in [0.717, 1.165) is 41.9 Å². The Morgan fingerprint density at radius 1 is 1.15 bits per heavy atom. The van der Waals surface area contributed by atoms with Crippen LogP contribution in [0.15, 0.2) is 42.5 Å². The Morgan fingerprint density at radius 2 is 1.81 bits per heavy atom. The van der Waals surface area contributed by atoms with Crippen molar-refractivity contribution in [3.63, 3.8) is 0 Å². The summed E-state index contributed by atoms with van der Waals surface area (Å²) in [5.74, 6) is 0.240. The molecule has 7 heteroatoms. The van der Waals surface area contributed by atoms with E-state index < -0.39 is 10.0 Å². The molecule has 2 aromatic carbocycles. The van der Waals surface area contributed by atoms with Crippen LogP contribution in [0.5, 0.6) is 0 Å². The minimum absolute atomic E-state index is 0.133. The highest BCUT2D eigenvalue weighted by Gasteiger charge is 2.38. The average Bonchev–Trinajstić information content (AvgIpc) is 3.45. The summed E-state index contributed by atoms with van der Waals surface area (Å²) in [7, 11) is -3.54. The molecule has 0 aromatic heterocycles. The van der Waals surface area contributed by atoms with Crippen molar-refractivity contribution in [3.05, 3.63) is 48.0 Å². The minimum atomic E-state index is -3.54. The summed E-state index contributed by atoms with van der Waals surface area (Å²) in [4.78, 5) is 14.6. The molecular formula is C20H23N3O3S. The number of hydrogen-bond donors (Lipinski definition) is 2. The zero-order valence-corrected chi connectivity index (χ0v) is 16.0. The Bertz CT molecular complexity index is 982. The van der Waals surface area contributed by atoms with E-state index in [1.807, 2.05) is 35.2 Å². The van der Waals surface area contributed by atoms with Crippen LogP contribution in [0.2, 0.25) is 0 Å². The Hall–Kier alpha value is -2.38. The van der Waals surface area contributed by atoms with Gasteiger partial charge in [-0.1, -0.05) is 30.3 Å². The molecule has 1 aliphatic carbocycles. The molecule has 6 nitrogen and oxygen atoms in total. The number of nitrogens with two attached hydrogens (primary N) is 1. The van der Waals surface area contributed by atoms with Crippen molar-refractivity contribution in [3.8, 4) is 11.1 Å². The van der Waals surface area contributed by atoms with Crippen LogP contribution in [0.3, 0.4) is 0 Å². The van der Waals surface area contributed by atoms with Gasteiger partial charge in [-0.2, -0.15) is 0 Å². The molecule has 27 heavy (non-hydrogen) atoms. The number of nitrogens with zero attached hydrogens (tertiary/aromatic N) is 1. The Kier molecular flexibility index (Phi) is 4.44. The molecule has 0 spiro atoms. The third kappa shape index (κ3) is 3.84. The number of carbonyl (C=O) groups excluding carboxylic acids is 1. The lowest BCUT2D eigenvalue weighted by molar-refractivity contribution is -0.120. The number of benzene rings is 2. The van der Waals surface area contributed by atoms with Crippen LogP contribution in [-0.4, -0.2) is 26.9 Å². The fourth-order valence-corrected chi connectivity index (χ4v) is 4.20. The maximum Gasteiger partial charge on any atom is 0.230 e. The number of anilines is 2. The van der Waals surface area contributed by atoms with Gasteiger partial charge in [0.2, 0.25) is 15.9 Å². The second-order valence-corrected chi connectivity index (χ2v) is 9.06. The van der Waals surface area contributed by atoms with Crippen LogP contribution in [0.4, 0.5) is 11.4 Å². The number of fused-ring (bicyclic) bond motifs is 1. The van der Waals surface area contributed by atoms with E-state index in [4.69, 9.17) is 5.14 Å². The van der Waals surface area contributed by atoms with Gasteiger partial charge >= 0.3 is 0 Å². The second-order valence-electron chi connectivity index (χ2n) is 7.45. The zero-order chi connectivity index (χ0) is 19.2. The Labute approximate surface area is 159 Å². The van der Waals surface area contributed by atoms with Crippen LogP contribution in [-0.2, 0) is 20.6 Å². The van der Waals surface area contributed by atoms with Gasteiger partial charge in [0.15, 0.2) is 0 Å². The molecule has 1 saturated carbocycles. The largest absolute Gasteiger partial charge is 0.381 e. The molecule has 0 unspecified atom stereocenters. The van der Waals surface area contributed by atoms with Crippen molar-refractivity contribution in [2.24, 2.45) is 11.1 Å². The summed E-state index contributed by atoms with van der Waals surface area (Å²) < 4.78 is 22.4. The number of rotatable bonds is 4. The standard InChI is InChI=1S/C20H23N3O3S/c1-13-11-22-18-10-17(8-9-19(18)23(13)20(24)16-6-7-16)15-4-2-14(3-5-15)12-27(21,25)26/h2-5,8-10,13,16,22H,6-7,11-12H2,1H3,(H2,21,25,26)/t13-/m0/s1. The van der Waals surface area contributed by atoms with E-state index in [1.165, 1.54) is 0 Å². The maximum absolute atomic E-state index is 12.7. The third-order valence-electron chi connectivity index (χ3n) is 5.10. The van der Waals surface area contributed by atoms with E-state index in [1.54, 1.807) is 12.1 Å². The molecule has 0 bridgehead atoms. The van der Waals surface area contributed by atoms with E-state index >= 15 is 0 Å². The molecule has 2 aliphatic rings. The maximum atomic E-state index is 12.7. The normalized spacial score (nSPS) is 19.3. The van der Waals surface area contributed by atoms with Crippen molar-refractivity contribution in [2.75, 3.05) is 16.8 Å². The number of amides is 1. The number of primary sulfonamides is 1. The lowest BCUT2D eigenvalue weighted by Gasteiger charge is -2.36. The van der Waals surface area contributed by atoms with Gasteiger partial charge in [0.05, 0.1) is 23.2 Å². The lowest BCUT2D eigenvalue weighted by Crippen LogP contribution is -2.46. The van der Waals surface area contributed by atoms with E-state index in [9.17, 15) is 13.2 Å². The number of hydrogen-bond acceptors (Lipinski definition) is 4. The summed E-state index contributed by atoms with van der Waals surface area (Å²) in [6.07, 6.45) is 1.99. The highest BCUT2D eigenvalue weighted by atomic mass is 32.2. The van der Waals surface area contributed by atoms with Gasteiger partial charge in [-0.05, 0) is 48.6 Å². The topological polar surface area (TPSA) is 92.5 Å². The molecule has 1 amide bonds. The molecule has 4 rings (SSSR count). The van der Waals surface area contributed by atoms with Crippen LogP contribution in [0, 0.1) is 5.92 Å². The van der Waals surface area contributed by atoms with E-state index in [0.29, 0.717) is 5.56 Å². The van der Waals surface area contributed by atoms with Gasteiger partial charge in [0.25, 0.3) is 0 Å². The molecule has 3 N–H and O–H groups in total. The van der Waals surface area contributed by atoms with Crippen LogP contribution in [0.1, 0.15) is 25.3 Å². The molecule has 1 heterocycles. The quantitative estimate of drug-likeness (QED) is 0.846. The van der Waals surface area contributed by atoms with Crippen molar-refractivity contribution >= 4 is 27.3 Å². The van der Waals surface area contributed by atoms with Gasteiger partial charge in [0.1, 0.15) is 0 Å². The molecule has 1 atom stereocenters. The lowest BCUT2D eigenvalue weighted by atomic mass is 10.0. The fraction of sp³-hybridized carbons (Fsp3) is 0.350. The fourth-order valence-electron chi connectivity index (χ4n) is 3.54. The van der Waals surface area contributed by atoms with Gasteiger partial charge in [-0.3, -0.25) is 4.79 Å². The van der Waals surface area contributed by atoms with Gasteiger partial charge in [0, 0.05) is 12.5 Å². The van der Waals surface area contributed by atoms with E-state index in [-0.39, 0.29) is 23.6 Å². The van der Waals surface area contributed by atoms with Crippen molar-refractivity contribution in [1.29, 1.82) is 0 Å². The predicted molar refractivity (Wildman–Crippen MR) is 107 cm³/mol. The zero-order valence-electron chi connectivity index (χ0n) is 15.2. The SMILES string of the molecule is C[C@H]1CNc2cc(-c3ccc(CS(N)(=O)=O)cc3)ccc2N1C(=O)C1CC1. The third-order valence-corrected chi connectivity index (χ3v) is 5.84. The molecule has 142 valence electrons. The first-order chi connectivity index (χ1) is 12.8. The molecule has 1 fully saturated rings. The van der Waals surface area contributed by atoms with Crippen LogP contribution >= 0.6 is 0 Å². The molecule has 1 aliphatic heterocycles.